The molecule has 2 bridgehead atoms. The van der Waals surface area contributed by atoms with Crippen LogP contribution in [0.1, 0.15) is 31.2 Å². The molecule has 0 spiro atoms. The van der Waals surface area contributed by atoms with Gasteiger partial charge in [-0.3, -0.25) is 4.79 Å². The van der Waals surface area contributed by atoms with Gasteiger partial charge >= 0.3 is 5.97 Å². The quantitative estimate of drug-likeness (QED) is 0.802. The zero-order valence-electron chi connectivity index (χ0n) is 11.7. The standard InChI is InChI=1S/C16H20ClNO2/c1-18-13-5-6-14(18)10-15(9-13)20-16(19)8-11-3-2-4-12(17)7-11/h2-4,7,13-15H,5-6,8-10H2,1H3/t13-,14+,15?. The number of ether oxygens (including phenoxy) is 1. The van der Waals surface area contributed by atoms with Crippen LogP contribution in [0.2, 0.25) is 5.02 Å². The number of esters is 1. The SMILES string of the molecule is CN1[C@@H]2CC[C@H]1CC(OC(=O)Cc1cccc(Cl)c1)C2. The van der Waals surface area contributed by atoms with Gasteiger partial charge in [-0.25, -0.2) is 0 Å². The molecule has 2 saturated heterocycles. The first-order valence-electron chi connectivity index (χ1n) is 7.27. The highest BCUT2D eigenvalue weighted by molar-refractivity contribution is 6.30. The van der Waals surface area contributed by atoms with Crippen molar-refractivity contribution >= 4 is 17.6 Å². The minimum absolute atomic E-state index is 0.0929. The zero-order chi connectivity index (χ0) is 14.1. The molecule has 0 aromatic heterocycles. The van der Waals surface area contributed by atoms with Crippen molar-refractivity contribution in [3.63, 3.8) is 0 Å². The number of nitrogens with zero attached hydrogens (tertiary/aromatic N) is 1. The maximum absolute atomic E-state index is 12.0. The predicted molar refractivity (Wildman–Crippen MR) is 78.8 cm³/mol. The van der Waals surface area contributed by atoms with E-state index in [-0.39, 0.29) is 12.1 Å². The molecule has 0 N–H and O–H groups in total. The molecule has 1 aromatic rings. The van der Waals surface area contributed by atoms with Gasteiger partial charge in [0, 0.05) is 17.1 Å². The van der Waals surface area contributed by atoms with E-state index >= 15 is 0 Å². The van der Waals surface area contributed by atoms with Crippen LogP contribution >= 0.6 is 11.6 Å². The molecule has 3 rings (SSSR count). The number of carbonyl (C=O) groups is 1. The van der Waals surface area contributed by atoms with Crippen LogP contribution in [-0.2, 0) is 16.0 Å². The fourth-order valence-corrected chi connectivity index (χ4v) is 3.71. The lowest BCUT2D eigenvalue weighted by molar-refractivity contribution is -0.151. The van der Waals surface area contributed by atoms with Crippen LogP contribution in [0.15, 0.2) is 24.3 Å². The lowest BCUT2D eigenvalue weighted by Gasteiger charge is -2.35. The van der Waals surface area contributed by atoms with Crippen molar-refractivity contribution in [2.75, 3.05) is 7.05 Å². The van der Waals surface area contributed by atoms with Gasteiger partial charge in [-0.05, 0) is 50.4 Å². The van der Waals surface area contributed by atoms with Crippen molar-refractivity contribution in [2.45, 2.75) is 50.3 Å². The molecule has 3 atom stereocenters. The first-order chi connectivity index (χ1) is 9.61. The molecular formula is C16H20ClNO2. The summed E-state index contributed by atoms with van der Waals surface area (Å²) in [5, 5.41) is 0.660. The second-order valence-electron chi connectivity index (χ2n) is 5.94. The van der Waals surface area contributed by atoms with Crippen molar-refractivity contribution in [3.05, 3.63) is 34.9 Å². The van der Waals surface area contributed by atoms with Gasteiger partial charge in [0.25, 0.3) is 0 Å². The molecule has 2 aliphatic rings. The number of carbonyl (C=O) groups excluding carboxylic acids is 1. The Morgan fingerprint density at radius 3 is 2.70 bits per heavy atom. The molecule has 2 fully saturated rings. The number of fused-ring (bicyclic) bond motifs is 2. The van der Waals surface area contributed by atoms with Crippen LogP contribution in [0.4, 0.5) is 0 Å². The average Bonchev–Trinajstić information content (AvgIpc) is 2.61. The van der Waals surface area contributed by atoms with Crippen molar-refractivity contribution < 1.29 is 9.53 Å². The van der Waals surface area contributed by atoms with Crippen LogP contribution in [0, 0.1) is 0 Å². The third-order valence-electron chi connectivity index (χ3n) is 4.59. The monoisotopic (exact) mass is 293 g/mol. The van der Waals surface area contributed by atoms with E-state index in [1.165, 1.54) is 12.8 Å². The van der Waals surface area contributed by atoms with Crippen molar-refractivity contribution in [3.8, 4) is 0 Å². The third kappa shape index (κ3) is 2.99. The molecule has 0 aliphatic carbocycles. The fraction of sp³-hybridized carbons (Fsp3) is 0.562. The van der Waals surface area contributed by atoms with Crippen molar-refractivity contribution in [1.29, 1.82) is 0 Å². The van der Waals surface area contributed by atoms with E-state index in [1.807, 2.05) is 24.3 Å². The molecule has 108 valence electrons. The highest BCUT2D eigenvalue weighted by Crippen LogP contribution is 2.35. The van der Waals surface area contributed by atoms with Crippen LogP contribution in [0.3, 0.4) is 0 Å². The number of benzene rings is 1. The summed E-state index contributed by atoms with van der Waals surface area (Å²) in [7, 11) is 2.19. The van der Waals surface area contributed by atoms with E-state index in [0.717, 1.165) is 18.4 Å². The Morgan fingerprint density at radius 2 is 2.05 bits per heavy atom. The second kappa shape index (κ2) is 5.74. The molecule has 2 aliphatic heterocycles. The lowest BCUT2D eigenvalue weighted by Crippen LogP contribution is -2.43. The lowest BCUT2D eigenvalue weighted by atomic mass is 10.0. The summed E-state index contributed by atoms with van der Waals surface area (Å²) in [6, 6.07) is 8.59. The fourth-order valence-electron chi connectivity index (χ4n) is 3.50. The maximum atomic E-state index is 12.0. The van der Waals surface area contributed by atoms with Gasteiger partial charge in [-0.1, -0.05) is 23.7 Å². The maximum Gasteiger partial charge on any atom is 0.310 e. The Hall–Kier alpha value is -1.06. The van der Waals surface area contributed by atoms with E-state index in [0.29, 0.717) is 23.5 Å². The number of rotatable bonds is 3. The van der Waals surface area contributed by atoms with Crippen molar-refractivity contribution in [2.24, 2.45) is 0 Å². The Morgan fingerprint density at radius 1 is 1.35 bits per heavy atom. The van der Waals surface area contributed by atoms with Crippen LogP contribution in [0.25, 0.3) is 0 Å². The summed E-state index contributed by atoms with van der Waals surface area (Å²) in [6.45, 7) is 0. The Kier molecular flexibility index (Phi) is 3.99. The minimum Gasteiger partial charge on any atom is -0.462 e. The van der Waals surface area contributed by atoms with Crippen LogP contribution < -0.4 is 0 Å². The van der Waals surface area contributed by atoms with E-state index in [9.17, 15) is 4.79 Å². The van der Waals surface area contributed by atoms with Gasteiger partial charge in [0.2, 0.25) is 0 Å². The van der Waals surface area contributed by atoms with E-state index in [1.54, 1.807) is 0 Å². The normalized spacial score (nSPS) is 29.4. The Bertz CT molecular complexity index is 491. The van der Waals surface area contributed by atoms with E-state index in [4.69, 9.17) is 16.3 Å². The molecule has 3 nitrogen and oxygen atoms in total. The summed E-state index contributed by atoms with van der Waals surface area (Å²) < 4.78 is 5.66. The highest BCUT2D eigenvalue weighted by Gasteiger charge is 2.39. The zero-order valence-corrected chi connectivity index (χ0v) is 12.5. The van der Waals surface area contributed by atoms with Gasteiger partial charge in [0.05, 0.1) is 6.42 Å². The summed E-state index contributed by atoms with van der Waals surface area (Å²) in [5.74, 6) is -0.138. The predicted octanol–water partition coefficient (Wildman–Crippen LogP) is 3.05. The van der Waals surface area contributed by atoms with Gasteiger partial charge in [-0.15, -0.1) is 0 Å². The largest absolute Gasteiger partial charge is 0.462 e. The van der Waals surface area contributed by atoms with Gasteiger partial charge in [-0.2, -0.15) is 0 Å². The first kappa shape index (κ1) is 13.9. The van der Waals surface area contributed by atoms with Crippen LogP contribution in [0.5, 0.6) is 0 Å². The topological polar surface area (TPSA) is 29.5 Å². The molecule has 2 heterocycles. The van der Waals surface area contributed by atoms with Crippen molar-refractivity contribution in [1.82, 2.24) is 4.90 Å². The highest BCUT2D eigenvalue weighted by atomic mass is 35.5. The molecule has 20 heavy (non-hydrogen) atoms. The van der Waals surface area contributed by atoms with E-state index < -0.39 is 0 Å². The third-order valence-corrected chi connectivity index (χ3v) is 4.83. The molecule has 0 radical (unpaired) electrons. The number of hydrogen-bond donors (Lipinski definition) is 0. The van der Waals surface area contributed by atoms with E-state index in [2.05, 4.69) is 11.9 Å². The molecular weight excluding hydrogens is 274 g/mol. The molecule has 0 saturated carbocycles. The summed E-state index contributed by atoms with van der Waals surface area (Å²) in [6.07, 6.45) is 4.84. The van der Waals surface area contributed by atoms with Gasteiger partial charge < -0.3 is 9.64 Å². The summed E-state index contributed by atoms with van der Waals surface area (Å²) >= 11 is 5.93. The smallest absolute Gasteiger partial charge is 0.310 e. The summed E-state index contributed by atoms with van der Waals surface area (Å²) in [4.78, 5) is 14.5. The molecule has 4 heteroatoms. The minimum atomic E-state index is -0.138. The Balaban J connectivity index is 1.55. The number of halogens is 1. The van der Waals surface area contributed by atoms with Gasteiger partial charge in [0.1, 0.15) is 6.10 Å². The van der Waals surface area contributed by atoms with Crippen LogP contribution in [-0.4, -0.2) is 36.1 Å². The Labute approximate surface area is 124 Å². The first-order valence-corrected chi connectivity index (χ1v) is 7.65. The van der Waals surface area contributed by atoms with Gasteiger partial charge in [0.15, 0.2) is 0 Å². The summed E-state index contributed by atoms with van der Waals surface area (Å²) in [5.41, 5.74) is 0.915. The molecule has 1 aromatic carbocycles. The average molecular weight is 294 g/mol. The molecule has 1 unspecified atom stereocenters. The molecule has 0 amide bonds. The second-order valence-corrected chi connectivity index (χ2v) is 6.38. The number of piperidine rings is 1. The number of hydrogen-bond acceptors (Lipinski definition) is 3.